The van der Waals surface area contributed by atoms with Gasteiger partial charge in [-0.1, -0.05) is 52.4 Å². The van der Waals surface area contributed by atoms with Crippen LogP contribution in [-0.4, -0.2) is 22.0 Å². The summed E-state index contributed by atoms with van der Waals surface area (Å²) in [5.74, 6) is -0.538. The molecule has 0 saturated carbocycles. The van der Waals surface area contributed by atoms with Gasteiger partial charge in [-0.15, -0.1) is 10.2 Å². The van der Waals surface area contributed by atoms with E-state index in [1.807, 2.05) is 31.2 Å². The quantitative estimate of drug-likeness (QED) is 0.548. The zero-order valence-electron chi connectivity index (χ0n) is 15.2. The van der Waals surface area contributed by atoms with Crippen molar-refractivity contribution in [2.24, 2.45) is 0 Å². The minimum atomic E-state index is -0.327. The molecule has 0 bridgehead atoms. The number of hydrogen-bond acceptors (Lipinski definition) is 5. The van der Waals surface area contributed by atoms with Crippen molar-refractivity contribution in [3.8, 4) is 0 Å². The smallest absolute Gasteiger partial charge is 0.286 e. The van der Waals surface area contributed by atoms with Crippen LogP contribution in [0.3, 0.4) is 0 Å². The number of nitrogens with one attached hydrogen (secondary N) is 2. The molecule has 28 heavy (non-hydrogen) atoms. The molecule has 0 aliphatic heterocycles. The number of halogens is 1. The highest BCUT2D eigenvalue weighted by atomic mass is 79.9. The third kappa shape index (κ3) is 5.46. The highest BCUT2D eigenvalue weighted by molar-refractivity contribution is 9.10. The Morgan fingerprint density at radius 3 is 2.68 bits per heavy atom. The number of hydrogen-bond donors (Lipinski definition) is 2. The molecule has 6 nitrogen and oxygen atoms in total. The lowest BCUT2D eigenvalue weighted by molar-refractivity contribution is 0.0949. The van der Waals surface area contributed by atoms with Gasteiger partial charge in [-0.3, -0.25) is 9.59 Å². The molecule has 0 spiro atoms. The average Bonchev–Trinajstić information content (AvgIpc) is 3.15. The zero-order valence-corrected chi connectivity index (χ0v) is 17.6. The lowest BCUT2D eigenvalue weighted by Gasteiger charge is -2.08. The van der Waals surface area contributed by atoms with Crippen molar-refractivity contribution in [1.29, 1.82) is 0 Å². The van der Waals surface area contributed by atoms with Gasteiger partial charge in [0.15, 0.2) is 0 Å². The van der Waals surface area contributed by atoms with E-state index in [1.165, 1.54) is 11.3 Å². The summed E-state index contributed by atoms with van der Waals surface area (Å²) in [5, 5.41) is 14.8. The van der Waals surface area contributed by atoms with Gasteiger partial charge in [0.05, 0.1) is 0 Å². The first-order valence-corrected chi connectivity index (χ1v) is 10.4. The van der Waals surface area contributed by atoms with Crippen LogP contribution in [-0.2, 0) is 13.0 Å². The van der Waals surface area contributed by atoms with Gasteiger partial charge in [-0.2, -0.15) is 0 Å². The van der Waals surface area contributed by atoms with Crippen LogP contribution in [0.1, 0.15) is 44.1 Å². The standard InChI is InChI=1S/C20H19BrN4O2S/c1-2-5-17-24-25-20(28-17)19(27)23-16-9-4-7-14(11-16)18(26)22-12-13-6-3-8-15(21)10-13/h3-4,6-11H,2,5,12H2,1H3,(H,22,26)(H,23,27). The molecule has 144 valence electrons. The maximum Gasteiger partial charge on any atom is 0.286 e. The fourth-order valence-corrected chi connectivity index (χ4v) is 3.80. The topological polar surface area (TPSA) is 84.0 Å². The van der Waals surface area contributed by atoms with Gasteiger partial charge in [-0.25, -0.2) is 0 Å². The van der Waals surface area contributed by atoms with Crippen molar-refractivity contribution in [2.75, 3.05) is 5.32 Å². The summed E-state index contributed by atoms with van der Waals surface area (Å²) in [7, 11) is 0. The fraction of sp³-hybridized carbons (Fsp3) is 0.200. The predicted molar refractivity (Wildman–Crippen MR) is 114 cm³/mol. The number of aryl methyl sites for hydroxylation is 1. The first kappa shape index (κ1) is 20.2. The third-order valence-electron chi connectivity index (χ3n) is 3.85. The minimum absolute atomic E-state index is 0.211. The molecule has 8 heteroatoms. The van der Waals surface area contributed by atoms with Crippen LogP contribution in [0.15, 0.2) is 53.0 Å². The van der Waals surface area contributed by atoms with Crippen LogP contribution in [0.25, 0.3) is 0 Å². The summed E-state index contributed by atoms with van der Waals surface area (Å²) in [6.45, 7) is 2.47. The largest absolute Gasteiger partial charge is 0.348 e. The maximum atomic E-state index is 12.4. The van der Waals surface area contributed by atoms with Gasteiger partial charge in [0, 0.05) is 28.7 Å². The molecule has 2 aromatic carbocycles. The van der Waals surface area contributed by atoms with Crippen molar-refractivity contribution < 1.29 is 9.59 Å². The fourth-order valence-electron chi connectivity index (χ4n) is 2.51. The van der Waals surface area contributed by atoms with Crippen LogP contribution in [0.4, 0.5) is 5.69 Å². The second-order valence-electron chi connectivity index (χ2n) is 6.10. The SMILES string of the molecule is CCCc1nnc(C(=O)Nc2cccc(C(=O)NCc3cccc(Br)c3)c2)s1. The number of benzene rings is 2. The summed E-state index contributed by atoms with van der Waals surface area (Å²) in [4.78, 5) is 24.8. The van der Waals surface area contributed by atoms with E-state index in [1.54, 1.807) is 24.3 Å². The molecule has 0 aliphatic carbocycles. The van der Waals surface area contributed by atoms with Crippen LogP contribution in [0, 0.1) is 0 Å². The first-order valence-electron chi connectivity index (χ1n) is 8.81. The van der Waals surface area contributed by atoms with Gasteiger partial charge < -0.3 is 10.6 Å². The van der Waals surface area contributed by atoms with E-state index in [9.17, 15) is 9.59 Å². The molecule has 1 heterocycles. The third-order valence-corrected chi connectivity index (χ3v) is 5.32. The molecule has 0 atom stereocenters. The van der Waals surface area contributed by atoms with E-state index < -0.39 is 0 Å². The minimum Gasteiger partial charge on any atom is -0.348 e. The van der Waals surface area contributed by atoms with Crippen LogP contribution >= 0.6 is 27.3 Å². The second kappa shape index (κ2) is 9.57. The van der Waals surface area contributed by atoms with Crippen LogP contribution in [0.2, 0.25) is 0 Å². The molecule has 0 radical (unpaired) electrons. The second-order valence-corrected chi connectivity index (χ2v) is 8.08. The van der Waals surface area contributed by atoms with E-state index in [2.05, 4.69) is 36.8 Å². The molecular weight excluding hydrogens is 440 g/mol. The molecule has 3 aromatic rings. The van der Waals surface area contributed by atoms with E-state index >= 15 is 0 Å². The Morgan fingerprint density at radius 1 is 1.07 bits per heavy atom. The van der Waals surface area contributed by atoms with Gasteiger partial charge >= 0.3 is 0 Å². The molecule has 3 rings (SSSR count). The number of carbonyl (C=O) groups is 2. The van der Waals surface area contributed by atoms with Gasteiger partial charge in [0.2, 0.25) is 5.01 Å². The summed E-state index contributed by atoms with van der Waals surface area (Å²) in [6.07, 6.45) is 1.76. The zero-order chi connectivity index (χ0) is 19.9. The highest BCUT2D eigenvalue weighted by Gasteiger charge is 2.14. The molecular formula is C20H19BrN4O2S. The number of anilines is 1. The van der Waals surface area contributed by atoms with Gasteiger partial charge in [0.1, 0.15) is 5.01 Å². The molecule has 0 saturated heterocycles. The molecule has 2 N–H and O–H groups in total. The van der Waals surface area contributed by atoms with E-state index in [-0.39, 0.29) is 11.8 Å². The van der Waals surface area contributed by atoms with Crippen molar-refractivity contribution >= 4 is 44.8 Å². The number of rotatable bonds is 7. The summed E-state index contributed by atoms with van der Waals surface area (Å²) < 4.78 is 0.961. The predicted octanol–water partition coefficient (Wildman–Crippen LogP) is 4.44. The molecule has 2 amide bonds. The summed E-state index contributed by atoms with van der Waals surface area (Å²) >= 11 is 4.70. The maximum absolute atomic E-state index is 12.4. The lowest BCUT2D eigenvalue weighted by atomic mass is 10.1. The monoisotopic (exact) mass is 458 g/mol. The number of amides is 2. The Bertz CT molecular complexity index is 990. The van der Waals surface area contributed by atoms with Crippen LogP contribution in [0.5, 0.6) is 0 Å². The van der Waals surface area contributed by atoms with Crippen LogP contribution < -0.4 is 10.6 Å². The van der Waals surface area contributed by atoms with Gasteiger partial charge in [0.25, 0.3) is 11.8 Å². The van der Waals surface area contributed by atoms with Crippen molar-refractivity contribution in [3.05, 3.63) is 74.1 Å². The average molecular weight is 459 g/mol. The Kier molecular flexibility index (Phi) is 6.89. The number of aromatic nitrogens is 2. The van der Waals surface area contributed by atoms with Crippen molar-refractivity contribution in [2.45, 2.75) is 26.3 Å². The number of carbonyl (C=O) groups excluding carboxylic acids is 2. The Morgan fingerprint density at radius 2 is 1.89 bits per heavy atom. The molecule has 1 aromatic heterocycles. The van der Waals surface area contributed by atoms with Gasteiger partial charge in [-0.05, 0) is 42.3 Å². The number of nitrogens with zero attached hydrogens (tertiary/aromatic N) is 2. The molecule has 0 aliphatic rings. The first-order chi connectivity index (χ1) is 13.5. The Labute approximate surface area is 175 Å². The van der Waals surface area contributed by atoms with Crippen molar-refractivity contribution in [1.82, 2.24) is 15.5 Å². The van der Waals surface area contributed by atoms with E-state index in [4.69, 9.17) is 0 Å². The van der Waals surface area contributed by atoms with E-state index in [0.717, 1.165) is 27.9 Å². The Hall–Kier alpha value is -2.58. The van der Waals surface area contributed by atoms with E-state index in [0.29, 0.717) is 22.8 Å². The molecule has 0 fully saturated rings. The normalized spacial score (nSPS) is 10.5. The summed E-state index contributed by atoms with van der Waals surface area (Å²) in [6, 6.07) is 14.5. The Balaban J connectivity index is 1.62. The lowest BCUT2D eigenvalue weighted by Crippen LogP contribution is -2.23. The molecule has 0 unspecified atom stereocenters. The summed E-state index contributed by atoms with van der Waals surface area (Å²) in [5.41, 5.74) is 2.00. The van der Waals surface area contributed by atoms with Crippen molar-refractivity contribution in [3.63, 3.8) is 0 Å². The highest BCUT2D eigenvalue weighted by Crippen LogP contribution is 2.16.